The molecule has 1 aliphatic heterocycles. The number of benzene rings is 2. The van der Waals surface area contributed by atoms with Gasteiger partial charge in [0.1, 0.15) is 0 Å². The maximum atomic E-state index is 12.4. The monoisotopic (exact) mass is 282 g/mol. The van der Waals surface area contributed by atoms with E-state index >= 15 is 0 Å². The van der Waals surface area contributed by atoms with Crippen LogP contribution in [0, 0.1) is 0 Å². The summed E-state index contributed by atoms with van der Waals surface area (Å²) >= 11 is 5.12. The van der Waals surface area contributed by atoms with Gasteiger partial charge >= 0.3 is 0 Å². The number of thiocarbonyl (C=S) groups is 1. The van der Waals surface area contributed by atoms with E-state index in [1.54, 1.807) is 0 Å². The Morgan fingerprint density at radius 2 is 1.40 bits per heavy atom. The maximum absolute atomic E-state index is 12.4. The summed E-state index contributed by atoms with van der Waals surface area (Å²) in [5.74, 6) is -0.348. The van der Waals surface area contributed by atoms with Crippen molar-refractivity contribution in [2.24, 2.45) is 0 Å². The molecule has 0 radical (unpaired) electrons. The Morgan fingerprint density at radius 1 is 0.850 bits per heavy atom. The van der Waals surface area contributed by atoms with Crippen LogP contribution in [0.15, 0.2) is 60.7 Å². The first kappa shape index (κ1) is 12.8. The van der Waals surface area contributed by atoms with Gasteiger partial charge in [-0.05, 0) is 23.3 Å². The lowest BCUT2D eigenvalue weighted by atomic mass is 9.85. The van der Waals surface area contributed by atoms with E-state index < -0.39 is 0 Å². The van der Waals surface area contributed by atoms with Crippen molar-refractivity contribution in [3.05, 3.63) is 71.8 Å². The molecular formula is C16H14N2OS. The zero-order chi connectivity index (χ0) is 13.9. The standard InChI is InChI=1S/C16H14N2OS/c19-15-13(11-7-3-1-4-8-11)14(17-16(20)18-15)12-9-5-2-6-10-12/h1-10,13-14H,(H2,17,18,19,20). The number of nitrogens with one attached hydrogen (secondary N) is 2. The highest BCUT2D eigenvalue weighted by Gasteiger charge is 2.35. The fourth-order valence-electron chi connectivity index (χ4n) is 2.54. The lowest BCUT2D eigenvalue weighted by Gasteiger charge is -2.33. The third-order valence-corrected chi connectivity index (χ3v) is 3.68. The molecule has 1 aliphatic rings. The summed E-state index contributed by atoms with van der Waals surface area (Å²) in [6.07, 6.45) is 0. The SMILES string of the molecule is O=C1NC(=S)NC(c2ccccc2)C1c1ccccc1. The van der Waals surface area contributed by atoms with Gasteiger partial charge in [0, 0.05) is 0 Å². The number of hydrogen-bond donors (Lipinski definition) is 2. The minimum Gasteiger partial charge on any atom is -0.354 e. The fourth-order valence-corrected chi connectivity index (χ4v) is 2.77. The van der Waals surface area contributed by atoms with E-state index in [0.717, 1.165) is 11.1 Å². The Balaban J connectivity index is 2.03. The molecule has 2 N–H and O–H groups in total. The average molecular weight is 282 g/mol. The van der Waals surface area contributed by atoms with Crippen LogP contribution in [-0.2, 0) is 4.79 Å². The molecule has 3 nitrogen and oxygen atoms in total. The first-order chi connectivity index (χ1) is 9.75. The second-order valence-corrected chi connectivity index (χ2v) is 5.15. The lowest BCUT2D eigenvalue weighted by molar-refractivity contribution is -0.122. The number of carbonyl (C=O) groups excluding carboxylic acids is 1. The third-order valence-electron chi connectivity index (χ3n) is 3.46. The summed E-state index contributed by atoms with van der Waals surface area (Å²) in [5.41, 5.74) is 2.03. The highest BCUT2D eigenvalue weighted by atomic mass is 32.1. The molecule has 2 aromatic carbocycles. The Hall–Kier alpha value is -2.20. The molecule has 100 valence electrons. The number of rotatable bonds is 2. The molecule has 2 atom stereocenters. The molecule has 1 fully saturated rings. The van der Waals surface area contributed by atoms with Gasteiger partial charge in [0.15, 0.2) is 5.11 Å². The summed E-state index contributed by atoms with van der Waals surface area (Å²) in [6.45, 7) is 0. The molecule has 4 heteroatoms. The van der Waals surface area contributed by atoms with Crippen LogP contribution in [0.5, 0.6) is 0 Å². The van der Waals surface area contributed by atoms with Crippen LogP contribution in [0.25, 0.3) is 0 Å². The van der Waals surface area contributed by atoms with Gasteiger partial charge in [-0.25, -0.2) is 0 Å². The Bertz CT molecular complexity index is 627. The highest BCUT2D eigenvalue weighted by molar-refractivity contribution is 7.80. The van der Waals surface area contributed by atoms with Crippen LogP contribution >= 0.6 is 12.2 Å². The maximum Gasteiger partial charge on any atom is 0.236 e. The van der Waals surface area contributed by atoms with Crippen LogP contribution in [-0.4, -0.2) is 11.0 Å². The molecule has 0 bridgehead atoms. The van der Waals surface area contributed by atoms with Gasteiger partial charge < -0.3 is 10.6 Å². The van der Waals surface area contributed by atoms with Crippen molar-refractivity contribution in [3.63, 3.8) is 0 Å². The van der Waals surface area contributed by atoms with Crippen LogP contribution in [0.2, 0.25) is 0 Å². The number of amides is 1. The zero-order valence-electron chi connectivity index (χ0n) is 10.7. The highest BCUT2D eigenvalue weighted by Crippen LogP contribution is 2.33. The van der Waals surface area contributed by atoms with E-state index in [9.17, 15) is 4.79 Å². The Kier molecular flexibility index (Phi) is 3.48. The fraction of sp³-hybridized carbons (Fsp3) is 0.125. The quantitative estimate of drug-likeness (QED) is 0.832. The number of carbonyl (C=O) groups is 1. The van der Waals surface area contributed by atoms with Gasteiger partial charge in [-0.3, -0.25) is 4.79 Å². The van der Waals surface area contributed by atoms with Gasteiger partial charge in [0.2, 0.25) is 5.91 Å². The first-order valence-corrected chi connectivity index (χ1v) is 6.88. The summed E-state index contributed by atoms with van der Waals surface area (Å²) in [6, 6.07) is 19.5. The van der Waals surface area contributed by atoms with E-state index in [-0.39, 0.29) is 17.9 Å². The van der Waals surface area contributed by atoms with Crippen molar-refractivity contribution in [1.29, 1.82) is 0 Å². The molecule has 20 heavy (non-hydrogen) atoms. The van der Waals surface area contributed by atoms with Gasteiger partial charge in [-0.2, -0.15) is 0 Å². The van der Waals surface area contributed by atoms with E-state index in [2.05, 4.69) is 10.6 Å². The molecule has 0 aliphatic carbocycles. The lowest BCUT2D eigenvalue weighted by Crippen LogP contribution is -2.52. The minimum absolute atomic E-state index is 0.0613. The molecule has 2 unspecified atom stereocenters. The largest absolute Gasteiger partial charge is 0.354 e. The van der Waals surface area contributed by atoms with Gasteiger partial charge in [0.25, 0.3) is 0 Å². The molecule has 3 rings (SSSR count). The van der Waals surface area contributed by atoms with Crippen LogP contribution in [0.4, 0.5) is 0 Å². The van der Waals surface area contributed by atoms with Crippen molar-refractivity contribution in [2.45, 2.75) is 12.0 Å². The van der Waals surface area contributed by atoms with Crippen molar-refractivity contribution in [2.75, 3.05) is 0 Å². The smallest absolute Gasteiger partial charge is 0.236 e. The topological polar surface area (TPSA) is 41.1 Å². The molecular weight excluding hydrogens is 268 g/mol. The van der Waals surface area contributed by atoms with E-state index in [1.807, 2.05) is 60.7 Å². The van der Waals surface area contributed by atoms with Crippen LogP contribution < -0.4 is 10.6 Å². The van der Waals surface area contributed by atoms with Crippen molar-refractivity contribution >= 4 is 23.2 Å². The molecule has 2 aromatic rings. The molecule has 1 saturated heterocycles. The Labute approximate surface area is 123 Å². The van der Waals surface area contributed by atoms with E-state index in [0.29, 0.717) is 5.11 Å². The normalized spacial score (nSPS) is 22.0. The molecule has 1 amide bonds. The van der Waals surface area contributed by atoms with Gasteiger partial charge in [-0.15, -0.1) is 0 Å². The van der Waals surface area contributed by atoms with Crippen molar-refractivity contribution in [3.8, 4) is 0 Å². The van der Waals surface area contributed by atoms with E-state index in [1.165, 1.54) is 0 Å². The summed E-state index contributed by atoms with van der Waals surface area (Å²) < 4.78 is 0. The van der Waals surface area contributed by atoms with Crippen LogP contribution in [0.3, 0.4) is 0 Å². The molecule has 0 saturated carbocycles. The first-order valence-electron chi connectivity index (χ1n) is 6.47. The third kappa shape index (κ3) is 2.42. The summed E-state index contributed by atoms with van der Waals surface area (Å²) in [5, 5.41) is 6.31. The zero-order valence-corrected chi connectivity index (χ0v) is 11.6. The minimum atomic E-state index is -0.287. The molecule has 0 aromatic heterocycles. The van der Waals surface area contributed by atoms with Crippen LogP contribution in [0.1, 0.15) is 23.1 Å². The molecule has 1 heterocycles. The predicted molar refractivity (Wildman–Crippen MR) is 82.2 cm³/mol. The second kappa shape index (κ2) is 5.43. The molecule has 0 spiro atoms. The predicted octanol–water partition coefficient (Wildman–Crippen LogP) is 2.52. The van der Waals surface area contributed by atoms with Crippen molar-refractivity contribution in [1.82, 2.24) is 10.6 Å². The number of hydrogen-bond acceptors (Lipinski definition) is 2. The summed E-state index contributed by atoms with van der Waals surface area (Å²) in [4.78, 5) is 12.4. The van der Waals surface area contributed by atoms with Crippen molar-refractivity contribution < 1.29 is 4.79 Å². The van der Waals surface area contributed by atoms with E-state index in [4.69, 9.17) is 12.2 Å². The summed E-state index contributed by atoms with van der Waals surface area (Å²) in [7, 11) is 0. The second-order valence-electron chi connectivity index (χ2n) is 4.74. The Morgan fingerprint density at radius 3 is 2.00 bits per heavy atom. The average Bonchev–Trinajstić information content (AvgIpc) is 2.48. The van der Waals surface area contributed by atoms with Gasteiger partial charge in [0.05, 0.1) is 12.0 Å². The van der Waals surface area contributed by atoms with Gasteiger partial charge in [-0.1, -0.05) is 60.7 Å².